The first-order chi connectivity index (χ1) is 12.7. The Morgan fingerprint density at radius 1 is 1.23 bits per heavy atom. The molecule has 1 saturated heterocycles. The van der Waals surface area contributed by atoms with Gasteiger partial charge in [-0.3, -0.25) is 10.1 Å². The average molecular weight is 350 g/mol. The third kappa shape index (κ3) is 3.21. The highest BCUT2D eigenvalue weighted by atomic mass is 16.2. The summed E-state index contributed by atoms with van der Waals surface area (Å²) in [4.78, 5) is 27.7. The molecule has 0 radical (unpaired) electrons. The van der Waals surface area contributed by atoms with Gasteiger partial charge in [-0.15, -0.1) is 0 Å². The molecule has 3 amide bonds. The van der Waals surface area contributed by atoms with Gasteiger partial charge in [-0.25, -0.2) is 14.3 Å². The molecule has 3 N–H and O–H groups in total. The summed E-state index contributed by atoms with van der Waals surface area (Å²) >= 11 is 0. The van der Waals surface area contributed by atoms with Crippen LogP contribution >= 0.6 is 0 Å². The first-order valence-electron chi connectivity index (χ1n) is 8.41. The Balaban J connectivity index is 1.56. The van der Waals surface area contributed by atoms with Gasteiger partial charge >= 0.3 is 6.03 Å². The summed E-state index contributed by atoms with van der Waals surface area (Å²) in [7, 11) is 0. The number of aromatic nitrogens is 3. The largest absolute Gasteiger partial charge is 0.382 e. The SMILES string of the molecule is O=C1NCC(c2cc(NCCc3ccccc3)c3nccn3n2)C(=O)N1. The van der Waals surface area contributed by atoms with Crippen molar-refractivity contribution in [2.24, 2.45) is 0 Å². The van der Waals surface area contributed by atoms with Crippen LogP contribution in [0.3, 0.4) is 0 Å². The molecule has 1 atom stereocenters. The highest BCUT2D eigenvalue weighted by Gasteiger charge is 2.29. The highest BCUT2D eigenvalue weighted by molar-refractivity contribution is 6.00. The number of amides is 3. The van der Waals surface area contributed by atoms with Crippen molar-refractivity contribution < 1.29 is 9.59 Å². The molecular weight excluding hydrogens is 332 g/mol. The molecule has 1 aliphatic heterocycles. The minimum atomic E-state index is -0.533. The van der Waals surface area contributed by atoms with Crippen LogP contribution in [0.25, 0.3) is 5.65 Å². The molecule has 8 heteroatoms. The number of imide groups is 1. The predicted octanol–water partition coefficient (Wildman–Crippen LogP) is 1.31. The zero-order valence-corrected chi connectivity index (χ0v) is 14.0. The quantitative estimate of drug-likeness (QED) is 0.644. The maximum absolute atomic E-state index is 12.1. The molecule has 2 aromatic heterocycles. The third-order valence-corrected chi connectivity index (χ3v) is 4.33. The van der Waals surface area contributed by atoms with Crippen LogP contribution in [0.15, 0.2) is 48.8 Å². The number of rotatable bonds is 5. The van der Waals surface area contributed by atoms with Crippen LogP contribution in [0.4, 0.5) is 10.5 Å². The molecule has 26 heavy (non-hydrogen) atoms. The summed E-state index contributed by atoms with van der Waals surface area (Å²) in [6, 6.07) is 11.5. The fourth-order valence-corrected chi connectivity index (χ4v) is 2.99. The molecule has 4 rings (SSSR count). The summed E-state index contributed by atoms with van der Waals surface area (Å²) in [6.07, 6.45) is 4.27. The van der Waals surface area contributed by atoms with Gasteiger partial charge in [0.25, 0.3) is 0 Å². The fourth-order valence-electron chi connectivity index (χ4n) is 2.99. The van der Waals surface area contributed by atoms with Crippen molar-refractivity contribution in [1.29, 1.82) is 0 Å². The van der Waals surface area contributed by atoms with E-state index in [0.717, 1.165) is 18.7 Å². The Bertz CT molecular complexity index is 953. The van der Waals surface area contributed by atoms with E-state index in [2.05, 4.69) is 38.2 Å². The number of urea groups is 1. The number of hydrogen-bond acceptors (Lipinski definition) is 5. The summed E-state index contributed by atoms with van der Waals surface area (Å²) < 4.78 is 1.64. The number of nitrogens with one attached hydrogen (secondary N) is 3. The lowest BCUT2D eigenvalue weighted by Crippen LogP contribution is -2.51. The van der Waals surface area contributed by atoms with Crippen LogP contribution in [0.1, 0.15) is 17.2 Å². The smallest absolute Gasteiger partial charge is 0.321 e. The second kappa shape index (κ2) is 6.83. The van der Waals surface area contributed by atoms with E-state index in [1.807, 2.05) is 24.3 Å². The molecular formula is C18H18N6O2. The Morgan fingerprint density at radius 2 is 2.08 bits per heavy atom. The lowest BCUT2D eigenvalue weighted by atomic mass is 10.0. The van der Waals surface area contributed by atoms with Gasteiger partial charge in [0.05, 0.1) is 17.3 Å². The minimum absolute atomic E-state index is 0.224. The predicted molar refractivity (Wildman–Crippen MR) is 95.9 cm³/mol. The molecule has 3 heterocycles. The summed E-state index contributed by atoms with van der Waals surface area (Å²) in [5.41, 5.74) is 3.32. The Labute approximate surface area is 149 Å². The summed E-state index contributed by atoms with van der Waals surface area (Å²) in [5.74, 6) is -0.884. The summed E-state index contributed by atoms with van der Waals surface area (Å²) in [5, 5.41) is 12.8. The van der Waals surface area contributed by atoms with E-state index in [9.17, 15) is 9.59 Å². The average Bonchev–Trinajstić information content (AvgIpc) is 3.11. The van der Waals surface area contributed by atoms with Crippen molar-refractivity contribution in [2.75, 3.05) is 18.4 Å². The number of hydrogen-bond donors (Lipinski definition) is 3. The molecule has 1 aliphatic rings. The van der Waals surface area contributed by atoms with E-state index >= 15 is 0 Å². The van der Waals surface area contributed by atoms with Crippen molar-refractivity contribution >= 4 is 23.3 Å². The zero-order chi connectivity index (χ0) is 17.9. The molecule has 0 spiro atoms. The van der Waals surface area contributed by atoms with Gasteiger partial charge < -0.3 is 10.6 Å². The van der Waals surface area contributed by atoms with E-state index in [1.165, 1.54) is 5.56 Å². The maximum Gasteiger partial charge on any atom is 0.321 e. The van der Waals surface area contributed by atoms with Gasteiger partial charge in [0.2, 0.25) is 5.91 Å². The summed E-state index contributed by atoms with van der Waals surface area (Å²) in [6.45, 7) is 0.949. The Hall–Kier alpha value is -3.42. The standard InChI is InChI=1S/C18H18N6O2/c25-17-13(11-21-18(26)22-17)14-10-15(16-20-8-9-24(16)23-14)19-7-6-12-4-2-1-3-5-12/h1-5,8-10,13,19H,6-7,11H2,(H2,21,22,25,26). The number of imidazole rings is 1. The maximum atomic E-state index is 12.1. The molecule has 3 aromatic rings. The number of carbonyl (C=O) groups is 2. The number of benzene rings is 1. The van der Waals surface area contributed by atoms with E-state index in [1.54, 1.807) is 16.9 Å². The van der Waals surface area contributed by atoms with Crippen molar-refractivity contribution in [1.82, 2.24) is 25.2 Å². The van der Waals surface area contributed by atoms with E-state index in [4.69, 9.17) is 0 Å². The molecule has 1 fully saturated rings. The molecule has 0 aliphatic carbocycles. The van der Waals surface area contributed by atoms with Gasteiger partial charge in [0.15, 0.2) is 5.65 Å². The second-order valence-corrected chi connectivity index (χ2v) is 6.09. The van der Waals surface area contributed by atoms with Crippen molar-refractivity contribution in [3.8, 4) is 0 Å². The van der Waals surface area contributed by atoms with Gasteiger partial charge in [-0.2, -0.15) is 5.10 Å². The molecule has 0 bridgehead atoms. The van der Waals surface area contributed by atoms with Crippen LogP contribution in [0.5, 0.6) is 0 Å². The van der Waals surface area contributed by atoms with E-state index in [0.29, 0.717) is 11.3 Å². The zero-order valence-electron chi connectivity index (χ0n) is 14.0. The van der Waals surface area contributed by atoms with Crippen LogP contribution < -0.4 is 16.0 Å². The lowest BCUT2D eigenvalue weighted by Gasteiger charge is -2.22. The van der Waals surface area contributed by atoms with Gasteiger partial charge in [-0.1, -0.05) is 30.3 Å². The van der Waals surface area contributed by atoms with Crippen molar-refractivity contribution in [2.45, 2.75) is 12.3 Å². The minimum Gasteiger partial charge on any atom is -0.382 e. The highest BCUT2D eigenvalue weighted by Crippen LogP contribution is 2.22. The molecule has 1 unspecified atom stereocenters. The molecule has 0 saturated carbocycles. The van der Waals surface area contributed by atoms with Gasteiger partial charge in [-0.05, 0) is 18.1 Å². The number of carbonyl (C=O) groups excluding carboxylic acids is 2. The van der Waals surface area contributed by atoms with Crippen LogP contribution in [-0.2, 0) is 11.2 Å². The van der Waals surface area contributed by atoms with E-state index in [-0.39, 0.29) is 12.5 Å². The van der Waals surface area contributed by atoms with Gasteiger partial charge in [0, 0.05) is 25.5 Å². The molecule has 132 valence electrons. The fraction of sp³-hybridized carbons (Fsp3) is 0.222. The second-order valence-electron chi connectivity index (χ2n) is 6.09. The van der Waals surface area contributed by atoms with Crippen LogP contribution in [0, 0.1) is 0 Å². The first kappa shape index (κ1) is 16.1. The first-order valence-corrected chi connectivity index (χ1v) is 8.41. The van der Waals surface area contributed by atoms with E-state index < -0.39 is 11.9 Å². The van der Waals surface area contributed by atoms with Crippen LogP contribution in [-0.4, -0.2) is 39.6 Å². The number of anilines is 1. The van der Waals surface area contributed by atoms with Crippen molar-refractivity contribution in [3.63, 3.8) is 0 Å². The van der Waals surface area contributed by atoms with Gasteiger partial charge in [0.1, 0.15) is 0 Å². The van der Waals surface area contributed by atoms with Crippen molar-refractivity contribution in [3.05, 3.63) is 60.0 Å². The topological polar surface area (TPSA) is 100 Å². The van der Waals surface area contributed by atoms with Crippen LogP contribution in [0.2, 0.25) is 0 Å². The normalized spacial score (nSPS) is 17.0. The molecule has 8 nitrogen and oxygen atoms in total. The third-order valence-electron chi connectivity index (χ3n) is 4.33. The lowest BCUT2D eigenvalue weighted by molar-refractivity contribution is -0.122. The Morgan fingerprint density at radius 3 is 2.88 bits per heavy atom. The monoisotopic (exact) mass is 350 g/mol. The number of fused-ring (bicyclic) bond motifs is 1. The molecule has 1 aromatic carbocycles. The number of nitrogens with zero attached hydrogens (tertiary/aromatic N) is 3. The Kier molecular flexibility index (Phi) is 4.22.